The molecule has 0 aromatic rings. The fraction of sp³-hybridized carbons (Fsp3) is 0.636. The van der Waals surface area contributed by atoms with Gasteiger partial charge in [0.25, 0.3) is 5.91 Å². The second kappa shape index (κ2) is 4.47. The normalized spacial score (nSPS) is 24.7. The summed E-state index contributed by atoms with van der Waals surface area (Å²) < 4.78 is 0. The van der Waals surface area contributed by atoms with Crippen LogP contribution in [0.3, 0.4) is 0 Å². The molecule has 0 saturated carbocycles. The van der Waals surface area contributed by atoms with Crippen LogP contribution in [0.2, 0.25) is 0 Å². The molecule has 1 aliphatic heterocycles. The minimum atomic E-state index is -0.415. The molecule has 1 aliphatic rings. The summed E-state index contributed by atoms with van der Waals surface area (Å²) in [6, 6.07) is -0.415. The first kappa shape index (κ1) is 11.8. The molecule has 4 nitrogen and oxygen atoms in total. The Morgan fingerprint density at radius 2 is 1.80 bits per heavy atom. The molecular weight excluding hydrogens is 192 g/mol. The molecule has 0 radical (unpaired) electrons. The maximum absolute atomic E-state index is 11.6. The second-order valence-corrected chi connectivity index (χ2v) is 4.51. The second-order valence-electron chi connectivity index (χ2n) is 4.51. The lowest BCUT2D eigenvalue weighted by Crippen LogP contribution is -2.56. The summed E-state index contributed by atoms with van der Waals surface area (Å²) in [7, 11) is 0. The molecule has 1 fully saturated rings. The van der Waals surface area contributed by atoms with Gasteiger partial charge in [-0.2, -0.15) is 0 Å². The van der Waals surface area contributed by atoms with E-state index in [9.17, 15) is 9.59 Å². The molecular formula is C11H18N2O2. The first-order valence-corrected chi connectivity index (χ1v) is 5.25. The number of hydrogen-bond acceptors (Lipinski definition) is 2. The van der Waals surface area contributed by atoms with Crippen LogP contribution < -0.4 is 10.6 Å². The van der Waals surface area contributed by atoms with Crippen LogP contribution in [-0.2, 0) is 9.59 Å². The number of allylic oxidation sites excluding steroid dienone is 1. The molecule has 84 valence electrons. The van der Waals surface area contributed by atoms with Gasteiger partial charge in [0, 0.05) is 0 Å². The van der Waals surface area contributed by atoms with Gasteiger partial charge in [0.1, 0.15) is 11.7 Å². The number of carbonyl (C=O) groups excluding carboxylic acids is 2. The van der Waals surface area contributed by atoms with Crippen LogP contribution in [-0.4, -0.2) is 17.9 Å². The summed E-state index contributed by atoms with van der Waals surface area (Å²) in [6.45, 7) is 7.73. The smallest absolute Gasteiger partial charge is 0.268 e. The van der Waals surface area contributed by atoms with Crippen molar-refractivity contribution in [3.63, 3.8) is 0 Å². The average Bonchev–Trinajstić information content (AvgIpc) is 2.09. The molecule has 0 unspecified atom stereocenters. The zero-order valence-corrected chi connectivity index (χ0v) is 9.63. The molecule has 2 N–H and O–H groups in total. The van der Waals surface area contributed by atoms with E-state index in [4.69, 9.17) is 0 Å². The van der Waals surface area contributed by atoms with Crippen LogP contribution in [0.5, 0.6) is 0 Å². The molecule has 1 rings (SSSR count). The number of carbonyl (C=O) groups is 2. The lowest BCUT2D eigenvalue weighted by atomic mass is 10.0. The van der Waals surface area contributed by atoms with Gasteiger partial charge in [0.2, 0.25) is 5.91 Å². The van der Waals surface area contributed by atoms with Crippen molar-refractivity contribution in [1.82, 2.24) is 10.6 Å². The molecule has 0 aromatic heterocycles. The summed E-state index contributed by atoms with van der Waals surface area (Å²) in [4.78, 5) is 23.2. The monoisotopic (exact) mass is 210 g/mol. The van der Waals surface area contributed by atoms with Gasteiger partial charge in [-0.05, 0) is 11.8 Å². The van der Waals surface area contributed by atoms with Gasteiger partial charge < -0.3 is 10.6 Å². The molecule has 0 aliphatic carbocycles. The topological polar surface area (TPSA) is 58.2 Å². The summed E-state index contributed by atoms with van der Waals surface area (Å²) in [5, 5.41) is 5.34. The lowest BCUT2D eigenvalue weighted by molar-refractivity contribution is -0.132. The first-order chi connectivity index (χ1) is 6.91. The predicted octanol–water partition coefficient (Wildman–Crippen LogP) is 0.797. The molecule has 0 spiro atoms. The molecule has 1 atom stereocenters. The Labute approximate surface area is 90.1 Å². The Hall–Kier alpha value is -1.32. The summed E-state index contributed by atoms with van der Waals surface area (Å²) >= 11 is 0. The fourth-order valence-electron chi connectivity index (χ4n) is 1.47. The third-order valence-electron chi connectivity index (χ3n) is 2.24. The first-order valence-electron chi connectivity index (χ1n) is 5.25. The van der Waals surface area contributed by atoms with Crippen LogP contribution in [0, 0.1) is 11.8 Å². The van der Waals surface area contributed by atoms with Crippen LogP contribution in [0.4, 0.5) is 0 Å². The van der Waals surface area contributed by atoms with E-state index >= 15 is 0 Å². The maximum Gasteiger partial charge on any atom is 0.268 e. The van der Waals surface area contributed by atoms with Crippen molar-refractivity contribution >= 4 is 11.8 Å². The van der Waals surface area contributed by atoms with E-state index in [0.717, 1.165) is 0 Å². The molecule has 0 bridgehead atoms. The Morgan fingerprint density at radius 3 is 2.27 bits per heavy atom. The van der Waals surface area contributed by atoms with Crippen LogP contribution in [0.1, 0.15) is 27.7 Å². The van der Waals surface area contributed by atoms with Gasteiger partial charge in [-0.1, -0.05) is 33.8 Å². The van der Waals surface area contributed by atoms with Gasteiger partial charge in [0.15, 0.2) is 0 Å². The van der Waals surface area contributed by atoms with Crippen LogP contribution in [0.15, 0.2) is 11.8 Å². The largest absolute Gasteiger partial charge is 0.339 e. The molecule has 15 heavy (non-hydrogen) atoms. The van der Waals surface area contributed by atoms with Crippen LogP contribution >= 0.6 is 0 Å². The number of rotatable bonds is 2. The highest BCUT2D eigenvalue weighted by Crippen LogP contribution is 2.10. The van der Waals surface area contributed by atoms with E-state index < -0.39 is 6.04 Å². The van der Waals surface area contributed by atoms with Gasteiger partial charge in [-0.25, -0.2) is 0 Å². The number of amides is 2. The van der Waals surface area contributed by atoms with E-state index in [1.54, 1.807) is 6.08 Å². The van der Waals surface area contributed by atoms with Gasteiger partial charge in [0.05, 0.1) is 0 Å². The number of hydrogen-bond donors (Lipinski definition) is 2. The van der Waals surface area contributed by atoms with E-state index in [1.807, 2.05) is 27.7 Å². The van der Waals surface area contributed by atoms with Crippen molar-refractivity contribution in [2.45, 2.75) is 33.7 Å². The van der Waals surface area contributed by atoms with E-state index in [0.29, 0.717) is 5.70 Å². The fourth-order valence-corrected chi connectivity index (χ4v) is 1.47. The maximum atomic E-state index is 11.6. The predicted molar refractivity (Wildman–Crippen MR) is 57.8 cm³/mol. The average molecular weight is 210 g/mol. The van der Waals surface area contributed by atoms with Gasteiger partial charge in [-0.3, -0.25) is 9.59 Å². The third-order valence-corrected chi connectivity index (χ3v) is 2.24. The molecule has 1 saturated heterocycles. The minimum Gasteiger partial charge on any atom is -0.339 e. The highest BCUT2D eigenvalue weighted by Gasteiger charge is 2.31. The standard InChI is InChI=1S/C11H18N2O2/c1-6(2)5-8-10(14)13-9(7(3)4)11(15)12-8/h5-7,9H,1-4H3,(H,12,15)(H,13,14)/t9-/m0/s1. The Balaban J connectivity index is 2.80. The molecule has 0 aromatic carbocycles. The van der Waals surface area contributed by atoms with Crippen LogP contribution in [0.25, 0.3) is 0 Å². The highest BCUT2D eigenvalue weighted by atomic mass is 16.2. The van der Waals surface area contributed by atoms with E-state index in [-0.39, 0.29) is 23.7 Å². The van der Waals surface area contributed by atoms with Crippen molar-refractivity contribution < 1.29 is 9.59 Å². The Kier molecular flexibility index (Phi) is 3.50. The van der Waals surface area contributed by atoms with Crippen molar-refractivity contribution in [2.75, 3.05) is 0 Å². The van der Waals surface area contributed by atoms with E-state index in [1.165, 1.54) is 0 Å². The zero-order valence-electron chi connectivity index (χ0n) is 9.63. The number of nitrogens with one attached hydrogen (secondary N) is 2. The number of piperazine rings is 1. The molecule has 4 heteroatoms. The third kappa shape index (κ3) is 2.81. The lowest BCUT2D eigenvalue weighted by Gasteiger charge is -2.27. The van der Waals surface area contributed by atoms with Crippen molar-refractivity contribution in [3.05, 3.63) is 11.8 Å². The van der Waals surface area contributed by atoms with Gasteiger partial charge >= 0.3 is 0 Å². The Bertz CT molecular complexity index is 306. The SMILES string of the molecule is CC(C)C=C1NC(=O)[C@H](C(C)C)NC1=O. The van der Waals surface area contributed by atoms with Crippen molar-refractivity contribution in [3.8, 4) is 0 Å². The molecule has 2 amide bonds. The Morgan fingerprint density at radius 1 is 1.20 bits per heavy atom. The highest BCUT2D eigenvalue weighted by molar-refractivity contribution is 6.04. The summed E-state index contributed by atoms with van der Waals surface area (Å²) in [5.41, 5.74) is 0.368. The quantitative estimate of drug-likeness (QED) is 0.662. The zero-order chi connectivity index (χ0) is 11.6. The molecule has 1 heterocycles. The minimum absolute atomic E-state index is 0.106. The van der Waals surface area contributed by atoms with Gasteiger partial charge in [-0.15, -0.1) is 0 Å². The van der Waals surface area contributed by atoms with E-state index in [2.05, 4.69) is 10.6 Å². The van der Waals surface area contributed by atoms with Crippen molar-refractivity contribution in [2.24, 2.45) is 11.8 Å². The summed E-state index contributed by atoms with van der Waals surface area (Å²) in [5.74, 6) is 0.0229. The summed E-state index contributed by atoms with van der Waals surface area (Å²) in [6.07, 6.45) is 1.75. The van der Waals surface area contributed by atoms with Crippen molar-refractivity contribution in [1.29, 1.82) is 0 Å².